The maximum absolute atomic E-state index is 14.7. The van der Waals surface area contributed by atoms with E-state index in [2.05, 4.69) is 37.1 Å². The molecule has 1 aliphatic rings. The van der Waals surface area contributed by atoms with Gasteiger partial charge < -0.3 is 10.2 Å². The molecule has 1 aliphatic heterocycles. The molecule has 15 nitrogen and oxygen atoms in total. The Bertz CT molecular complexity index is 2560. The molecule has 5 heterocycles. The zero-order valence-corrected chi connectivity index (χ0v) is 26.5. The van der Waals surface area contributed by atoms with Crippen molar-refractivity contribution in [1.82, 2.24) is 34.3 Å². The highest BCUT2D eigenvalue weighted by Crippen LogP contribution is 2.40. The van der Waals surface area contributed by atoms with Gasteiger partial charge in [-0.05, 0) is 37.3 Å². The number of benzene rings is 2. The number of nitrogens with one attached hydrogen (secondary N) is 2. The van der Waals surface area contributed by atoms with Gasteiger partial charge >= 0.3 is 0 Å². The van der Waals surface area contributed by atoms with E-state index in [9.17, 15) is 22.8 Å². The third kappa shape index (κ3) is 5.03. The number of hydrogen-bond acceptors (Lipinski definition) is 8. The van der Waals surface area contributed by atoms with E-state index in [1.54, 1.807) is 86.6 Å². The first kappa shape index (κ1) is 30.3. The summed E-state index contributed by atoms with van der Waals surface area (Å²) in [5, 5.41) is 17.0. The van der Waals surface area contributed by atoms with E-state index in [0.717, 1.165) is 0 Å². The molecule has 16 heteroatoms. The molecule has 0 saturated carbocycles. The van der Waals surface area contributed by atoms with E-state index >= 15 is 0 Å². The normalized spacial score (nSPS) is 13.1. The summed E-state index contributed by atoms with van der Waals surface area (Å²) in [6, 6.07) is 12.7. The number of amides is 2. The lowest BCUT2D eigenvalue weighted by molar-refractivity contribution is 0.0935. The lowest BCUT2D eigenvalue weighted by Crippen LogP contribution is -2.35. The van der Waals surface area contributed by atoms with E-state index in [0.29, 0.717) is 27.9 Å². The van der Waals surface area contributed by atoms with Gasteiger partial charge in [-0.15, -0.1) is 5.10 Å². The van der Waals surface area contributed by atoms with Crippen LogP contribution in [0.5, 0.6) is 0 Å². The smallest absolute Gasteiger partial charge is 0.297 e. The second-order valence-electron chi connectivity index (χ2n) is 11.1. The van der Waals surface area contributed by atoms with E-state index < -0.39 is 27.7 Å². The molecular weight excluding hydrogens is 636 g/mol. The number of rotatable bonds is 6. The zero-order chi connectivity index (χ0) is 33.9. The van der Waals surface area contributed by atoms with Crippen molar-refractivity contribution >= 4 is 49.9 Å². The maximum Gasteiger partial charge on any atom is 0.297 e. The molecule has 0 spiro atoms. The largest absolute Gasteiger partial charge is 0.344 e. The number of fused-ring (bicyclic) bond motifs is 1. The highest BCUT2D eigenvalue weighted by molar-refractivity contribution is 7.90. The van der Waals surface area contributed by atoms with E-state index in [1.165, 1.54) is 26.4 Å². The lowest BCUT2D eigenvalue weighted by Gasteiger charge is -2.23. The number of hydrogen-bond donors (Lipinski definition) is 3. The number of nitrogens with two attached hydrogens (primary N) is 1. The number of carbonyl (C=O) groups is 2. The SMILES string of the molecule is C[C@@H](NC(=O)c1c(NS(N)(=O)=O)nn2cccnc12)c1c2c3c(ccc(C#Cc4cnn(C)c4)c3c(=O)n1-c1ccccc1)N(C)C2=O. The van der Waals surface area contributed by atoms with Crippen molar-refractivity contribution in [1.29, 1.82) is 0 Å². The van der Waals surface area contributed by atoms with Crippen molar-refractivity contribution in [2.45, 2.75) is 13.0 Å². The average molecular weight is 663 g/mol. The molecule has 0 aliphatic carbocycles. The Morgan fingerprint density at radius 1 is 1.02 bits per heavy atom. The first-order valence-electron chi connectivity index (χ1n) is 14.5. The second kappa shape index (κ2) is 11.2. The second-order valence-corrected chi connectivity index (χ2v) is 12.4. The van der Waals surface area contributed by atoms with Gasteiger partial charge in [-0.2, -0.15) is 13.5 Å². The number of nitrogens with zero attached hydrogens (tertiary/aromatic N) is 7. The molecule has 7 rings (SSSR count). The van der Waals surface area contributed by atoms with Gasteiger partial charge in [-0.3, -0.25) is 28.4 Å². The Labute approximate surface area is 272 Å². The standard InChI is InChI=1S/C32H26N10O5S/c1-18(36-30(43)26-28(38-48(33,46)47)37-41-15-7-14-34-29(26)41)27-25-24-22(40(3)31(25)44)13-12-20(11-10-19-16-35-39(2)17-19)23(24)32(45)42(27)21-8-5-4-6-9-21/h4-9,12-18H,1-3H3,(H,36,43)(H,37,38)(H2,33,46,47)/t18-/m1/s1. The van der Waals surface area contributed by atoms with Crippen molar-refractivity contribution in [3.05, 3.63) is 112 Å². The van der Waals surface area contributed by atoms with Gasteiger partial charge in [0.05, 0.1) is 40.1 Å². The number of pyridine rings is 1. The van der Waals surface area contributed by atoms with Gasteiger partial charge in [0, 0.05) is 49.3 Å². The van der Waals surface area contributed by atoms with E-state index in [-0.39, 0.29) is 39.6 Å². The van der Waals surface area contributed by atoms with Gasteiger partial charge in [0.2, 0.25) is 0 Å². The van der Waals surface area contributed by atoms with Gasteiger partial charge in [0.25, 0.3) is 27.6 Å². The fraction of sp³-hybridized carbons (Fsp3) is 0.125. The van der Waals surface area contributed by atoms with Crippen LogP contribution in [0.1, 0.15) is 50.5 Å². The van der Waals surface area contributed by atoms with Crippen LogP contribution in [0.15, 0.2) is 78.1 Å². The first-order chi connectivity index (χ1) is 22.9. The van der Waals surface area contributed by atoms with Crippen LogP contribution in [-0.2, 0) is 17.3 Å². The summed E-state index contributed by atoms with van der Waals surface area (Å²) in [6.45, 7) is 1.62. The first-order valence-corrected chi connectivity index (χ1v) is 16.0. The van der Waals surface area contributed by atoms with Crippen LogP contribution in [-0.4, -0.2) is 56.2 Å². The molecule has 0 saturated heterocycles. The minimum Gasteiger partial charge on any atom is -0.344 e. The zero-order valence-electron chi connectivity index (χ0n) is 25.7. The summed E-state index contributed by atoms with van der Waals surface area (Å²) in [5.74, 6) is 4.62. The predicted molar refractivity (Wildman–Crippen MR) is 177 cm³/mol. The molecule has 6 aromatic rings. The fourth-order valence-electron chi connectivity index (χ4n) is 5.91. The molecule has 240 valence electrons. The Morgan fingerprint density at radius 2 is 1.79 bits per heavy atom. The molecule has 2 aromatic carbocycles. The van der Waals surface area contributed by atoms with Crippen LogP contribution >= 0.6 is 0 Å². The quantitative estimate of drug-likeness (QED) is 0.225. The number of aryl methyl sites for hydroxylation is 1. The monoisotopic (exact) mass is 662 g/mol. The molecule has 2 amide bonds. The van der Waals surface area contributed by atoms with Crippen LogP contribution in [0, 0.1) is 11.8 Å². The summed E-state index contributed by atoms with van der Waals surface area (Å²) in [4.78, 5) is 48.3. The van der Waals surface area contributed by atoms with Crippen LogP contribution in [0.2, 0.25) is 0 Å². The number of carbonyl (C=O) groups excluding carboxylic acids is 2. The van der Waals surface area contributed by atoms with Crippen molar-refractivity contribution in [2.75, 3.05) is 16.7 Å². The Balaban J connectivity index is 1.45. The Morgan fingerprint density at radius 3 is 2.50 bits per heavy atom. The van der Waals surface area contributed by atoms with E-state index in [1.807, 2.05) is 0 Å². The predicted octanol–water partition coefficient (Wildman–Crippen LogP) is 1.86. The number of para-hydroxylation sites is 1. The molecule has 1 atom stereocenters. The van der Waals surface area contributed by atoms with Gasteiger partial charge in [-0.25, -0.2) is 14.6 Å². The molecular formula is C32H26N10O5S. The van der Waals surface area contributed by atoms with Gasteiger partial charge in [0.1, 0.15) is 5.56 Å². The number of anilines is 2. The minimum absolute atomic E-state index is 0.0479. The average Bonchev–Trinajstić information content (AvgIpc) is 3.70. The summed E-state index contributed by atoms with van der Waals surface area (Å²) in [7, 11) is -0.939. The van der Waals surface area contributed by atoms with E-state index in [4.69, 9.17) is 5.14 Å². The van der Waals surface area contributed by atoms with Gasteiger partial charge in [0.15, 0.2) is 11.5 Å². The molecule has 0 radical (unpaired) electrons. The summed E-state index contributed by atoms with van der Waals surface area (Å²) < 4.78 is 30.2. The minimum atomic E-state index is -4.32. The maximum atomic E-state index is 14.7. The summed E-state index contributed by atoms with van der Waals surface area (Å²) in [5.41, 5.74) is 1.83. The highest BCUT2D eigenvalue weighted by atomic mass is 32.2. The molecule has 4 aromatic heterocycles. The lowest BCUT2D eigenvalue weighted by atomic mass is 9.97. The third-order valence-electron chi connectivity index (χ3n) is 7.91. The van der Waals surface area contributed by atoms with Crippen molar-refractivity contribution in [2.24, 2.45) is 12.2 Å². The molecule has 0 unspecified atom stereocenters. The van der Waals surface area contributed by atoms with Crippen LogP contribution in [0.25, 0.3) is 22.1 Å². The Hall–Kier alpha value is -6.31. The van der Waals surface area contributed by atoms with Gasteiger partial charge in [-0.1, -0.05) is 30.0 Å². The van der Waals surface area contributed by atoms with Crippen LogP contribution in [0.4, 0.5) is 11.5 Å². The molecule has 0 bridgehead atoms. The molecule has 0 fully saturated rings. The molecule has 48 heavy (non-hydrogen) atoms. The van der Waals surface area contributed by atoms with Crippen LogP contribution in [0.3, 0.4) is 0 Å². The summed E-state index contributed by atoms with van der Waals surface area (Å²) >= 11 is 0. The van der Waals surface area contributed by atoms with Crippen molar-refractivity contribution in [3.63, 3.8) is 0 Å². The van der Waals surface area contributed by atoms with Crippen molar-refractivity contribution < 1.29 is 18.0 Å². The summed E-state index contributed by atoms with van der Waals surface area (Å²) in [6.07, 6.45) is 6.26. The number of aromatic nitrogens is 6. The Kier molecular flexibility index (Phi) is 7.07. The topological polar surface area (TPSA) is 192 Å². The molecule has 4 N–H and O–H groups in total. The fourth-order valence-corrected chi connectivity index (χ4v) is 6.33. The third-order valence-corrected chi connectivity index (χ3v) is 8.38. The highest BCUT2D eigenvalue weighted by Gasteiger charge is 2.37. The van der Waals surface area contributed by atoms with Crippen molar-refractivity contribution in [3.8, 4) is 17.5 Å². The van der Waals surface area contributed by atoms with Crippen LogP contribution < -0.4 is 25.6 Å².